The van der Waals surface area contributed by atoms with Crippen molar-refractivity contribution >= 4 is 31.6 Å². The lowest BCUT2D eigenvalue weighted by molar-refractivity contribution is -0.304. The Morgan fingerprint density at radius 2 is 0.720 bits per heavy atom. The number of hydrogen-bond acceptors (Lipinski definition) is 18. The number of phosphoric ester groups is 1. The van der Waals surface area contributed by atoms with Gasteiger partial charge in [0.05, 0.1) is 63.3 Å². The number of phosphoric acid groups is 1. The van der Waals surface area contributed by atoms with Crippen LogP contribution in [0, 0.1) is 0 Å². The van der Waals surface area contributed by atoms with Gasteiger partial charge in [0, 0.05) is 6.61 Å². The van der Waals surface area contributed by atoms with Gasteiger partial charge in [-0.25, -0.2) is 4.57 Å². The summed E-state index contributed by atoms with van der Waals surface area (Å²) in [6.45, 7) is 8.65. The minimum absolute atomic E-state index is 0.00897. The number of carbonyl (C=O) groups excluding carboxylic acids is 4. The normalized spacial score (nSPS) is 23.1. The molecule has 0 aromatic rings. The molecule has 0 aliphatic carbocycles. The van der Waals surface area contributed by atoms with Crippen molar-refractivity contribution < 1.29 is 97.1 Å². The van der Waals surface area contributed by atoms with Crippen LogP contribution in [0.2, 0.25) is 0 Å². The molecule has 22 nitrogen and oxygen atoms in total. The first-order valence-corrected chi connectivity index (χ1v) is 38.6. The first-order valence-electron chi connectivity index (χ1n) is 37.1. The monoisotopic (exact) mass is 1350 g/mol. The molecule has 2 rings (SSSR count). The molecule has 93 heavy (non-hydrogen) atoms. The fraction of sp³-hybridized carbons (Fsp3) is 0.943. The Kier molecular flexibility index (Phi) is 50.8. The summed E-state index contributed by atoms with van der Waals surface area (Å²) in [7, 11) is -5.49. The van der Waals surface area contributed by atoms with E-state index < -0.39 is 150 Å². The van der Waals surface area contributed by atoms with Crippen molar-refractivity contribution in [2.75, 3.05) is 19.8 Å². The van der Waals surface area contributed by atoms with Crippen LogP contribution >= 0.6 is 7.82 Å². The molecule has 2 amide bonds. The SMILES string of the molecule is CCCCCCCCCCC[C@@H](O)CC(=O)N[C@H]1[C@H](OC[C@H]2O[C@H](OCC)[C@H](NC(=O)C[C@H](O)CCCCCCCCCCC)[C@@H](OC(=O)C[C@H](O)CCCCCCCCCCC)[C@@H]2O)O[C@H](CO)[C@@H](OP(=O)(O)O)[C@@H]1OC(=O)C[C@H](O)CCCCCCCCCCC. The predicted octanol–water partition coefficient (Wildman–Crippen LogP) is 11.8. The third-order valence-corrected chi connectivity index (χ3v) is 18.4. The van der Waals surface area contributed by atoms with E-state index in [1.54, 1.807) is 6.92 Å². The summed E-state index contributed by atoms with van der Waals surface area (Å²) in [5.41, 5.74) is 0. The summed E-state index contributed by atoms with van der Waals surface area (Å²) in [5, 5.41) is 72.8. The van der Waals surface area contributed by atoms with Crippen LogP contribution in [-0.2, 0) is 56.7 Å². The van der Waals surface area contributed by atoms with Crippen molar-refractivity contribution in [3.63, 3.8) is 0 Å². The fourth-order valence-electron chi connectivity index (χ4n) is 12.5. The number of hydrogen-bond donors (Lipinski definition) is 10. The lowest BCUT2D eigenvalue weighted by Crippen LogP contribution is -2.68. The van der Waals surface area contributed by atoms with Gasteiger partial charge in [-0.15, -0.1) is 0 Å². The first kappa shape index (κ1) is 86.7. The molecule has 14 atom stereocenters. The number of esters is 2. The van der Waals surface area contributed by atoms with E-state index in [1.807, 2.05) is 0 Å². The highest BCUT2D eigenvalue weighted by molar-refractivity contribution is 7.46. The maximum Gasteiger partial charge on any atom is 0.470 e. The van der Waals surface area contributed by atoms with Gasteiger partial charge in [0.25, 0.3) is 0 Å². The molecule has 0 radical (unpaired) electrons. The van der Waals surface area contributed by atoms with E-state index in [0.29, 0.717) is 38.5 Å². The van der Waals surface area contributed by atoms with Crippen LogP contribution < -0.4 is 10.6 Å². The largest absolute Gasteiger partial charge is 0.470 e. The zero-order chi connectivity index (χ0) is 68.5. The Labute approximate surface area is 559 Å². The molecular weight excluding hydrogens is 1220 g/mol. The number of rotatable bonds is 60. The zero-order valence-electron chi connectivity index (χ0n) is 58.2. The Balaban J connectivity index is 2.48. The predicted molar refractivity (Wildman–Crippen MR) is 358 cm³/mol. The molecule has 0 spiro atoms. The summed E-state index contributed by atoms with van der Waals surface area (Å²) in [6, 6.07) is -3.08. The highest BCUT2D eigenvalue weighted by Gasteiger charge is 2.54. The van der Waals surface area contributed by atoms with Crippen LogP contribution in [0.3, 0.4) is 0 Å². The summed E-state index contributed by atoms with van der Waals surface area (Å²) in [5.74, 6) is -3.38. The van der Waals surface area contributed by atoms with Gasteiger partial charge in [-0.05, 0) is 32.6 Å². The molecular formula is C70H133N2O20P. The smallest absolute Gasteiger partial charge is 0.457 e. The lowest BCUT2D eigenvalue weighted by atomic mass is 9.95. The number of nitrogens with one attached hydrogen (secondary N) is 2. The average Bonchev–Trinajstić information content (AvgIpc) is 0.806. The molecule has 0 aromatic heterocycles. The van der Waals surface area contributed by atoms with Gasteiger partial charge in [-0.2, -0.15) is 0 Å². The Hall–Kier alpha value is -2.41. The highest BCUT2D eigenvalue weighted by atomic mass is 31.2. The molecule has 0 bridgehead atoms. The second kappa shape index (κ2) is 54.5. The van der Waals surface area contributed by atoms with Crippen molar-refractivity contribution in [2.24, 2.45) is 0 Å². The molecule has 0 saturated carbocycles. The number of carbonyl (C=O) groups is 4. The Morgan fingerprint density at radius 1 is 0.419 bits per heavy atom. The molecule has 2 aliphatic rings. The van der Waals surface area contributed by atoms with Crippen molar-refractivity contribution in [2.45, 2.75) is 403 Å². The molecule has 0 unspecified atom stereocenters. The standard InChI is InChI=1S/C70H133N2O20P/c1-6-11-15-19-23-27-31-35-39-43-53(74)47-59(78)71-63-67(90-61(80)49-55(76)45-41-37-33-29-25-21-17-13-8-3)65(82)58(89-69(63)86-10-5)52-87-70-64(72-60(79)48-54(75)44-40-36-32-28-24-20-16-12-7-2)68(66(57(51-73)88-70)92-93(83,84)85)91-62(81)50-56(77)46-42-38-34-30-26-22-18-14-9-4/h53-58,63-70,73-77,82H,6-52H2,1-5H3,(H,71,78)(H,72,79)(H2,83,84,85)/t53-,54-,55-,56-,57-,58-,63-,64-,65-,66-,67-,68-,69+,70-/m1/s1. The van der Waals surface area contributed by atoms with E-state index in [-0.39, 0.29) is 25.9 Å². The van der Waals surface area contributed by atoms with Gasteiger partial charge < -0.3 is 79.5 Å². The molecule has 0 aromatic carbocycles. The molecule has 2 saturated heterocycles. The number of aliphatic hydroxyl groups is 6. The summed E-state index contributed by atoms with van der Waals surface area (Å²) in [6.07, 6.45) is 19.1. The van der Waals surface area contributed by atoms with Crippen LogP contribution in [0.1, 0.15) is 317 Å². The third kappa shape index (κ3) is 41.6. The highest BCUT2D eigenvalue weighted by Crippen LogP contribution is 2.43. The molecule has 2 aliphatic heterocycles. The summed E-state index contributed by atoms with van der Waals surface area (Å²) >= 11 is 0. The first-order chi connectivity index (χ1) is 44.8. The van der Waals surface area contributed by atoms with E-state index in [1.165, 1.54) is 77.0 Å². The van der Waals surface area contributed by atoms with Crippen LogP contribution in [0.15, 0.2) is 0 Å². The van der Waals surface area contributed by atoms with Crippen molar-refractivity contribution in [1.29, 1.82) is 0 Å². The van der Waals surface area contributed by atoms with Crippen LogP contribution in [-0.4, -0.2) is 170 Å². The van der Waals surface area contributed by atoms with Crippen molar-refractivity contribution in [1.82, 2.24) is 10.6 Å². The van der Waals surface area contributed by atoms with E-state index in [9.17, 15) is 64.2 Å². The van der Waals surface area contributed by atoms with Gasteiger partial charge in [0.1, 0.15) is 36.5 Å². The maximum absolute atomic E-state index is 14.1. The van der Waals surface area contributed by atoms with Gasteiger partial charge in [0.15, 0.2) is 24.8 Å². The molecule has 2 heterocycles. The van der Waals surface area contributed by atoms with Gasteiger partial charge in [-0.3, -0.25) is 23.7 Å². The van der Waals surface area contributed by atoms with E-state index in [0.717, 1.165) is 128 Å². The van der Waals surface area contributed by atoms with Crippen LogP contribution in [0.5, 0.6) is 0 Å². The van der Waals surface area contributed by atoms with Crippen LogP contribution in [0.25, 0.3) is 0 Å². The fourth-order valence-corrected chi connectivity index (χ4v) is 13.1. The second-order valence-electron chi connectivity index (χ2n) is 26.6. The van der Waals surface area contributed by atoms with E-state index >= 15 is 0 Å². The van der Waals surface area contributed by atoms with Gasteiger partial charge >= 0.3 is 19.8 Å². The molecule has 23 heteroatoms. The molecule has 2 fully saturated rings. The number of amides is 2. The third-order valence-electron chi connectivity index (χ3n) is 17.9. The average molecular weight is 1350 g/mol. The van der Waals surface area contributed by atoms with Gasteiger partial charge in [0.2, 0.25) is 11.8 Å². The topological polar surface area (TPSA) is 336 Å². The number of ether oxygens (including phenoxy) is 6. The minimum Gasteiger partial charge on any atom is -0.457 e. The quantitative estimate of drug-likeness (QED) is 0.0154. The molecule has 10 N–H and O–H groups in total. The second-order valence-corrected chi connectivity index (χ2v) is 27.8. The Bertz CT molecular complexity index is 1920. The van der Waals surface area contributed by atoms with Crippen molar-refractivity contribution in [3.05, 3.63) is 0 Å². The molecule has 548 valence electrons. The van der Waals surface area contributed by atoms with Crippen molar-refractivity contribution in [3.8, 4) is 0 Å². The van der Waals surface area contributed by atoms with Crippen LogP contribution in [0.4, 0.5) is 0 Å². The number of unbranched alkanes of at least 4 members (excludes halogenated alkanes) is 32. The van der Waals surface area contributed by atoms with E-state index in [4.69, 9.17) is 32.9 Å². The minimum atomic E-state index is -5.49. The summed E-state index contributed by atoms with van der Waals surface area (Å²) in [4.78, 5) is 76.1. The Morgan fingerprint density at radius 3 is 1.05 bits per heavy atom. The zero-order valence-corrected chi connectivity index (χ0v) is 59.1. The van der Waals surface area contributed by atoms with E-state index in [2.05, 4.69) is 38.3 Å². The lowest BCUT2D eigenvalue weighted by Gasteiger charge is -2.47. The maximum atomic E-state index is 14.1. The summed E-state index contributed by atoms with van der Waals surface area (Å²) < 4.78 is 54.5. The van der Waals surface area contributed by atoms with Gasteiger partial charge in [-0.1, -0.05) is 259 Å². The number of aliphatic hydroxyl groups excluding tert-OH is 6.